The number of rotatable bonds is 6. The van der Waals surface area contributed by atoms with Crippen LogP contribution in [0.15, 0.2) is 35.7 Å². The van der Waals surface area contributed by atoms with Crippen molar-refractivity contribution in [2.45, 2.75) is 32.7 Å². The van der Waals surface area contributed by atoms with Gasteiger partial charge in [0.1, 0.15) is 0 Å². The molecule has 1 saturated heterocycles. The Labute approximate surface area is 154 Å². The normalized spacial score (nSPS) is 14.8. The van der Waals surface area contributed by atoms with Gasteiger partial charge in [-0.25, -0.2) is 0 Å². The van der Waals surface area contributed by atoms with E-state index in [0.717, 1.165) is 25.3 Å². The Hall–Kier alpha value is -1.85. The summed E-state index contributed by atoms with van der Waals surface area (Å²) in [5.41, 5.74) is 3.42. The summed E-state index contributed by atoms with van der Waals surface area (Å²) in [5.74, 6) is 0.0300. The summed E-state index contributed by atoms with van der Waals surface area (Å²) in [6.45, 7) is 5.59. The van der Waals surface area contributed by atoms with Crippen LogP contribution in [0.4, 0.5) is 11.4 Å². The molecule has 0 unspecified atom stereocenters. The van der Waals surface area contributed by atoms with Crippen LogP contribution in [0.2, 0.25) is 0 Å². The highest BCUT2D eigenvalue weighted by molar-refractivity contribution is 7.10. The molecule has 0 saturated carbocycles. The largest absolute Gasteiger partial charge is 0.372 e. The molecule has 0 radical (unpaired) electrons. The number of amides is 1. The average Bonchev–Trinajstić information content (AvgIpc) is 3.01. The monoisotopic (exact) mass is 357 g/mol. The summed E-state index contributed by atoms with van der Waals surface area (Å²) in [6, 6.07) is 10.4. The van der Waals surface area contributed by atoms with Crippen LogP contribution in [0, 0.1) is 6.92 Å². The zero-order valence-corrected chi connectivity index (χ0v) is 15.9. The highest BCUT2D eigenvalue weighted by atomic mass is 32.1. The third-order valence-corrected chi connectivity index (χ3v) is 5.68. The molecule has 25 heavy (non-hydrogen) atoms. The number of likely N-dealkylation sites (N-methyl/N-ethyl adjacent to an activating group) is 1. The molecule has 0 bridgehead atoms. The first-order valence-corrected chi connectivity index (χ1v) is 9.86. The first-order chi connectivity index (χ1) is 12.1. The standard InChI is InChI=1S/C20H27N3OS/c1-16-10-13-25-19(16)14-22(2)15-20(24)21-17-6-8-18(9-7-17)23-11-4-3-5-12-23/h6-10,13H,3-5,11-12,14-15H2,1-2H3,(H,21,24). The fraction of sp³-hybridized carbons (Fsp3) is 0.450. The van der Waals surface area contributed by atoms with Crippen molar-refractivity contribution >= 4 is 28.6 Å². The molecule has 1 aliphatic rings. The highest BCUT2D eigenvalue weighted by Gasteiger charge is 2.12. The fourth-order valence-corrected chi connectivity index (χ4v) is 4.21. The SMILES string of the molecule is Cc1ccsc1CN(C)CC(=O)Nc1ccc(N2CCCCC2)cc1. The Morgan fingerprint density at radius 2 is 1.88 bits per heavy atom. The predicted molar refractivity (Wildman–Crippen MR) is 107 cm³/mol. The molecule has 1 aliphatic heterocycles. The minimum Gasteiger partial charge on any atom is -0.372 e. The maximum atomic E-state index is 12.3. The number of carbonyl (C=O) groups excluding carboxylic acids is 1. The fourth-order valence-electron chi connectivity index (χ4n) is 3.22. The van der Waals surface area contributed by atoms with Gasteiger partial charge in [-0.15, -0.1) is 11.3 Å². The Morgan fingerprint density at radius 3 is 2.52 bits per heavy atom. The van der Waals surface area contributed by atoms with Crippen molar-refractivity contribution in [2.24, 2.45) is 0 Å². The molecule has 1 N–H and O–H groups in total. The second-order valence-corrected chi connectivity index (χ2v) is 7.84. The Kier molecular flexibility index (Phi) is 6.10. The van der Waals surface area contributed by atoms with Gasteiger partial charge >= 0.3 is 0 Å². The average molecular weight is 358 g/mol. The molecule has 0 atom stereocenters. The molecular weight excluding hydrogens is 330 g/mol. The molecule has 1 amide bonds. The Balaban J connectivity index is 1.49. The zero-order chi connectivity index (χ0) is 17.6. The highest BCUT2D eigenvalue weighted by Crippen LogP contribution is 2.22. The van der Waals surface area contributed by atoms with E-state index in [4.69, 9.17) is 0 Å². The summed E-state index contributed by atoms with van der Waals surface area (Å²) in [4.78, 5) is 18.1. The van der Waals surface area contributed by atoms with Gasteiger partial charge in [0.15, 0.2) is 0 Å². The molecular formula is C20H27N3OS. The van der Waals surface area contributed by atoms with Crippen molar-refractivity contribution in [3.05, 3.63) is 46.2 Å². The van der Waals surface area contributed by atoms with Crippen molar-refractivity contribution in [1.82, 2.24) is 4.90 Å². The van der Waals surface area contributed by atoms with Gasteiger partial charge in [0.2, 0.25) is 5.91 Å². The number of carbonyl (C=O) groups is 1. The molecule has 1 fully saturated rings. The molecule has 4 nitrogen and oxygen atoms in total. The van der Waals surface area contributed by atoms with Crippen molar-refractivity contribution < 1.29 is 4.79 Å². The van der Waals surface area contributed by atoms with Crippen molar-refractivity contribution in [1.29, 1.82) is 0 Å². The van der Waals surface area contributed by atoms with Gasteiger partial charge in [0, 0.05) is 35.9 Å². The summed E-state index contributed by atoms with van der Waals surface area (Å²) in [5, 5.41) is 5.10. The van der Waals surface area contributed by atoms with Crippen LogP contribution < -0.4 is 10.2 Å². The number of aryl methyl sites for hydroxylation is 1. The Morgan fingerprint density at radius 1 is 1.16 bits per heavy atom. The topological polar surface area (TPSA) is 35.6 Å². The van der Waals surface area contributed by atoms with Gasteiger partial charge in [0.25, 0.3) is 0 Å². The minimum atomic E-state index is 0.0300. The summed E-state index contributed by atoms with van der Waals surface area (Å²) >= 11 is 1.75. The molecule has 1 aromatic carbocycles. The number of nitrogens with one attached hydrogen (secondary N) is 1. The second kappa shape index (κ2) is 8.50. The van der Waals surface area contributed by atoms with E-state index < -0.39 is 0 Å². The van der Waals surface area contributed by atoms with E-state index in [2.05, 4.69) is 45.6 Å². The molecule has 5 heteroatoms. The summed E-state index contributed by atoms with van der Waals surface area (Å²) in [7, 11) is 1.98. The lowest BCUT2D eigenvalue weighted by Gasteiger charge is -2.28. The van der Waals surface area contributed by atoms with E-state index in [9.17, 15) is 4.79 Å². The third-order valence-electron chi connectivity index (χ3n) is 4.67. The van der Waals surface area contributed by atoms with E-state index >= 15 is 0 Å². The zero-order valence-electron chi connectivity index (χ0n) is 15.1. The van der Waals surface area contributed by atoms with Gasteiger partial charge in [-0.2, -0.15) is 0 Å². The number of hydrogen-bond donors (Lipinski definition) is 1. The quantitative estimate of drug-likeness (QED) is 0.845. The van der Waals surface area contributed by atoms with E-state index in [1.807, 2.05) is 19.2 Å². The molecule has 1 aromatic heterocycles. The number of benzene rings is 1. The van der Waals surface area contributed by atoms with Crippen LogP contribution in [0.1, 0.15) is 29.7 Å². The molecule has 0 aliphatic carbocycles. The number of piperidine rings is 1. The minimum absolute atomic E-state index is 0.0300. The second-order valence-electron chi connectivity index (χ2n) is 6.84. The van der Waals surface area contributed by atoms with Gasteiger partial charge in [-0.3, -0.25) is 9.69 Å². The maximum absolute atomic E-state index is 12.3. The van der Waals surface area contributed by atoms with Crippen LogP contribution in [0.5, 0.6) is 0 Å². The van der Waals surface area contributed by atoms with E-state index in [1.54, 1.807) is 11.3 Å². The number of nitrogens with zero attached hydrogens (tertiary/aromatic N) is 2. The van der Waals surface area contributed by atoms with Gasteiger partial charge < -0.3 is 10.2 Å². The van der Waals surface area contributed by atoms with Crippen LogP contribution >= 0.6 is 11.3 Å². The van der Waals surface area contributed by atoms with E-state index in [1.165, 1.54) is 35.4 Å². The molecule has 2 aromatic rings. The third kappa shape index (κ3) is 5.06. The van der Waals surface area contributed by atoms with Crippen molar-refractivity contribution in [3.63, 3.8) is 0 Å². The van der Waals surface area contributed by atoms with E-state index in [0.29, 0.717) is 6.54 Å². The van der Waals surface area contributed by atoms with Crippen LogP contribution in [-0.4, -0.2) is 37.5 Å². The van der Waals surface area contributed by atoms with Crippen molar-refractivity contribution in [3.8, 4) is 0 Å². The molecule has 134 valence electrons. The molecule has 3 rings (SSSR count). The molecule has 2 heterocycles. The van der Waals surface area contributed by atoms with Gasteiger partial charge in [-0.05, 0) is 74.5 Å². The van der Waals surface area contributed by atoms with Crippen molar-refractivity contribution in [2.75, 3.05) is 36.9 Å². The Bertz CT molecular complexity index is 689. The number of anilines is 2. The van der Waals surface area contributed by atoms with Crippen LogP contribution in [-0.2, 0) is 11.3 Å². The number of thiophene rings is 1. The smallest absolute Gasteiger partial charge is 0.238 e. The molecule has 0 spiro atoms. The van der Waals surface area contributed by atoms with Crippen LogP contribution in [0.25, 0.3) is 0 Å². The van der Waals surface area contributed by atoms with Crippen LogP contribution in [0.3, 0.4) is 0 Å². The lowest BCUT2D eigenvalue weighted by molar-refractivity contribution is -0.117. The maximum Gasteiger partial charge on any atom is 0.238 e. The first-order valence-electron chi connectivity index (χ1n) is 8.98. The first kappa shape index (κ1) is 18.0. The lowest BCUT2D eigenvalue weighted by Crippen LogP contribution is -2.30. The summed E-state index contributed by atoms with van der Waals surface area (Å²) in [6.07, 6.45) is 3.88. The summed E-state index contributed by atoms with van der Waals surface area (Å²) < 4.78 is 0. The lowest BCUT2D eigenvalue weighted by atomic mass is 10.1. The van der Waals surface area contributed by atoms with E-state index in [-0.39, 0.29) is 5.91 Å². The number of hydrogen-bond acceptors (Lipinski definition) is 4. The van der Waals surface area contributed by atoms with Gasteiger partial charge in [0.05, 0.1) is 6.54 Å². The predicted octanol–water partition coefficient (Wildman–Crippen LogP) is 4.12. The van der Waals surface area contributed by atoms with Gasteiger partial charge in [-0.1, -0.05) is 0 Å².